The monoisotopic (exact) mass is 699 g/mol. The molecule has 10 aromatic carbocycles. The molecule has 1 nitrogen and oxygen atoms in total. The number of fused-ring (bicyclic) bond motifs is 3. The van der Waals surface area contributed by atoms with Crippen molar-refractivity contribution in [1.82, 2.24) is 0 Å². The first kappa shape index (κ1) is 32.4. The molecular weight excluding hydrogens is 663 g/mol. The summed E-state index contributed by atoms with van der Waals surface area (Å²) in [4.78, 5) is 2.46. The van der Waals surface area contributed by atoms with Crippen LogP contribution in [0.5, 0.6) is 0 Å². The van der Waals surface area contributed by atoms with E-state index in [-0.39, 0.29) is 0 Å². The van der Waals surface area contributed by atoms with Crippen LogP contribution in [0.1, 0.15) is 0 Å². The molecule has 0 aliphatic rings. The zero-order valence-electron chi connectivity index (χ0n) is 30.3. The van der Waals surface area contributed by atoms with Gasteiger partial charge in [0.05, 0.1) is 11.4 Å². The van der Waals surface area contributed by atoms with Crippen molar-refractivity contribution in [2.45, 2.75) is 0 Å². The lowest BCUT2D eigenvalue weighted by Crippen LogP contribution is -2.12. The van der Waals surface area contributed by atoms with Gasteiger partial charge in [-0.1, -0.05) is 200 Å². The first-order chi connectivity index (χ1) is 27.3. The van der Waals surface area contributed by atoms with E-state index in [2.05, 4.69) is 229 Å². The van der Waals surface area contributed by atoms with Crippen molar-refractivity contribution in [3.63, 3.8) is 0 Å². The van der Waals surface area contributed by atoms with E-state index in [4.69, 9.17) is 0 Å². The molecule has 0 heterocycles. The molecule has 0 radical (unpaired) electrons. The van der Waals surface area contributed by atoms with E-state index in [0.29, 0.717) is 0 Å². The maximum absolute atomic E-state index is 2.46. The van der Waals surface area contributed by atoms with Gasteiger partial charge in [0.1, 0.15) is 0 Å². The Balaban J connectivity index is 1.22. The number of nitrogens with zero attached hydrogens (tertiary/aromatic N) is 1. The van der Waals surface area contributed by atoms with E-state index >= 15 is 0 Å². The quantitative estimate of drug-likeness (QED) is 0.160. The van der Waals surface area contributed by atoms with Gasteiger partial charge < -0.3 is 4.90 Å². The van der Waals surface area contributed by atoms with Gasteiger partial charge in [0.2, 0.25) is 0 Å². The molecule has 55 heavy (non-hydrogen) atoms. The fraction of sp³-hybridized carbons (Fsp3) is 0. The predicted molar refractivity (Wildman–Crippen MR) is 235 cm³/mol. The minimum atomic E-state index is 1.09. The summed E-state index contributed by atoms with van der Waals surface area (Å²) in [5, 5.41) is 7.43. The van der Waals surface area contributed by atoms with Crippen LogP contribution in [0.3, 0.4) is 0 Å². The molecule has 10 aromatic rings. The van der Waals surface area contributed by atoms with Crippen LogP contribution in [0.4, 0.5) is 17.1 Å². The molecule has 0 aromatic heterocycles. The van der Waals surface area contributed by atoms with Gasteiger partial charge in [-0.2, -0.15) is 0 Å². The Labute approximate surface area is 322 Å². The molecule has 0 N–H and O–H groups in total. The molecule has 0 amide bonds. The Morgan fingerprint density at radius 3 is 1.31 bits per heavy atom. The van der Waals surface area contributed by atoms with Gasteiger partial charge in [0, 0.05) is 16.8 Å². The van der Waals surface area contributed by atoms with Crippen molar-refractivity contribution in [3.8, 4) is 44.5 Å². The predicted octanol–water partition coefficient (Wildman–Crippen LogP) is 15.3. The first-order valence-corrected chi connectivity index (χ1v) is 18.9. The Kier molecular flexibility index (Phi) is 8.24. The molecule has 0 bridgehead atoms. The maximum atomic E-state index is 2.46. The van der Waals surface area contributed by atoms with Crippen LogP contribution in [0.2, 0.25) is 0 Å². The SMILES string of the molecule is c1ccc(-c2cccc3cccc(-c4ccccc4N(c4ccc(-c5cccc6ccccc56)cc4)c4ccccc4-c4cccc5ccccc45)c23)cc1. The summed E-state index contributed by atoms with van der Waals surface area (Å²) in [5.74, 6) is 0. The van der Waals surface area contributed by atoms with Gasteiger partial charge >= 0.3 is 0 Å². The topological polar surface area (TPSA) is 3.24 Å². The number of rotatable bonds is 7. The lowest BCUT2D eigenvalue weighted by atomic mass is 9.90. The number of hydrogen-bond donors (Lipinski definition) is 0. The molecule has 0 spiro atoms. The molecule has 0 unspecified atom stereocenters. The third-order valence-electron chi connectivity index (χ3n) is 10.9. The third-order valence-corrected chi connectivity index (χ3v) is 10.9. The normalized spacial score (nSPS) is 11.3. The van der Waals surface area contributed by atoms with Gasteiger partial charge in [0.25, 0.3) is 0 Å². The van der Waals surface area contributed by atoms with Crippen LogP contribution >= 0.6 is 0 Å². The molecule has 0 aliphatic carbocycles. The third kappa shape index (κ3) is 5.84. The van der Waals surface area contributed by atoms with Crippen LogP contribution in [-0.2, 0) is 0 Å². The summed E-state index contributed by atoms with van der Waals surface area (Å²) in [6.07, 6.45) is 0. The fourth-order valence-electron chi connectivity index (χ4n) is 8.35. The highest BCUT2D eigenvalue weighted by Gasteiger charge is 2.22. The second kappa shape index (κ2) is 14.0. The van der Waals surface area contributed by atoms with Crippen molar-refractivity contribution in [1.29, 1.82) is 0 Å². The average Bonchev–Trinajstić information content (AvgIpc) is 3.27. The smallest absolute Gasteiger partial charge is 0.0540 e. The molecule has 10 rings (SSSR count). The number of para-hydroxylation sites is 2. The van der Waals surface area contributed by atoms with Crippen LogP contribution in [0, 0.1) is 0 Å². The maximum Gasteiger partial charge on any atom is 0.0540 e. The van der Waals surface area contributed by atoms with Gasteiger partial charge in [-0.15, -0.1) is 0 Å². The highest BCUT2D eigenvalue weighted by atomic mass is 15.1. The zero-order chi connectivity index (χ0) is 36.6. The molecule has 0 saturated carbocycles. The second-order valence-electron chi connectivity index (χ2n) is 14.0. The summed E-state index contributed by atoms with van der Waals surface area (Å²) >= 11 is 0. The molecule has 0 atom stereocenters. The number of benzene rings is 10. The van der Waals surface area contributed by atoms with E-state index in [1.165, 1.54) is 76.8 Å². The molecule has 1 heteroatoms. The summed E-state index contributed by atoms with van der Waals surface area (Å²) in [7, 11) is 0. The minimum absolute atomic E-state index is 1.09. The molecule has 0 saturated heterocycles. The fourth-order valence-corrected chi connectivity index (χ4v) is 8.35. The lowest BCUT2D eigenvalue weighted by Gasteiger charge is -2.30. The highest BCUT2D eigenvalue weighted by Crippen LogP contribution is 2.48. The van der Waals surface area contributed by atoms with Crippen LogP contribution < -0.4 is 4.90 Å². The van der Waals surface area contributed by atoms with E-state index in [1.54, 1.807) is 0 Å². The van der Waals surface area contributed by atoms with Crippen LogP contribution in [0.15, 0.2) is 224 Å². The van der Waals surface area contributed by atoms with Crippen LogP contribution in [-0.4, -0.2) is 0 Å². The number of hydrogen-bond acceptors (Lipinski definition) is 1. The summed E-state index contributed by atoms with van der Waals surface area (Å²) in [6.45, 7) is 0. The van der Waals surface area contributed by atoms with Crippen molar-refractivity contribution in [2.24, 2.45) is 0 Å². The van der Waals surface area contributed by atoms with Crippen molar-refractivity contribution in [3.05, 3.63) is 224 Å². The van der Waals surface area contributed by atoms with Crippen molar-refractivity contribution < 1.29 is 0 Å². The molecule has 258 valence electrons. The van der Waals surface area contributed by atoms with E-state index in [9.17, 15) is 0 Å². The molecular formula is C54H37N. The van der Waals surface area contributed by atoms with Gasteiger partial charge in [-0.3, -0.25) is 0 Å². The summed E-state index contributed by atoms with van der Waals surface area (Å²) < 4.78 is 0. The summed E-state index contributed by atoms with van der Waals surface area (Å²) in [6, 6.07) is 81.5. The largest absolute Gasteiger partial charge is 0.309 e. The Morgan fingerprint density at radius 1 is 0.236 bits per heavy atom. The Morgan fingerprint density at radius 2 is 0.655 bits per heavy atom. The van der Waals surface area contributed by atoms with E-state index < -0.39 is 0 Å². The lowest BCUT2D eigenvalue weighted by molar-refractivity contribution is 1.29. The zero-order valence-corrected chi connectivity index (χ0v) is 30.3. The van der Waals surface area contributed by atoms with Gasteiger partial charge in [0.15, 0.2) is 0 Å². The van der Waals surface area contributed by atoms with E-state index in [1.807, 2.05) is 0 Å². The van der Waals surface area contributed by atoms with Gasteiger partial charge in [-0.25, -0.2) is 0 Å². The number of anilines is 3. The van der Waals surface area contributed by atoms with Crippen molar-refractivity contribution >= 4 is 49.4 Å². The standard InChI is InChI=1S/C54H37N/c1-2-16-40(17-3-1)47-29-14-22-42-23-15-31-51(54(42)47)50-27-9-11-33-53(50)55(43-36-34-41(35-37-43)45-28-12-20-38-18-4-6-24-44(38)45)52-32-10-8-26-49(52)48-30-13-21-39-19-5-7-25-46(39)48/h1-37H. The van der Waals surface area contributed by atoms with Crippen LogP contribution in [0.25, 0.3) is 76.8 Å². The van der Waals surface area contributed by atoms with Crippen molar-refractivity contribution in [2.75, 3.05) is 4.90 Å². The molecule has 0 aliphatic heterocycles. The highest BCUT2D eigenvalue weighted by molar-refractivity contribution is 6.10. The summed E-state index contributed by atoms with van der Waals surface area (Å²) in [5.41, 5.74) is 12.9. The Hall–Kier alpha value is -7.22. The minimum Gasteiger partial charge on any atom is -0.309 e. The average molecular weight is 700 g/mol. The first-order valence-electron chi connectivity index (χ1n) is 18.9. The Bertz CT molecular complexity index is 2960. The second-order valence-corrected chi connectivity index (χ2v) is 14.0. The molecule has 0 fully saturated rings. The van der Waals surface area contributed by atoms with Gasteiger partial charge in [-0.05, 0) is 90.0 Å². The van der Waals surface area contributed by atoms with E-state index in [0.717, 1.165) is 17.1 Å².